The Balaban J connectivity index is 1.64. The monoisotopic (exact) mass is 567 g/mol. The summed E-state index contributed by atoms with van der Waals surface area (Å²) in [5, 5.41) is 7.60. The number of carbonyl (C=O) groups is 1. The highest BCUT2D eigenvalue weighted by Crippen LogP contribution is 2.30. The lowest BCUT2D eigenvalue weighted by Crippen LogP contribution is -2.44. The average Bonchev–Trinajstić information content (AvgIpc) is 3.32. The molecular weight excluding hydrogens is 514 g/mol. The van der Waals surface area contributed by atoms with Gasteiger partial charge in [-0.1, -0.05) is 65.2 Å². The molecule has 0 unspecified atom stereocenters. The number of hydrogen-bond acceptors (Lipinski definition) is 6. The van der Waals surface area contributed by atoms with Gasteiger partial charge in [0.1, 0.15) is 5.82 Å². The van der Waals surface area contributed by atoms with Crippen LogP contribution < -0.4 is 10.0 Å². The number of nitrogens with one attached hydrogen (secondary N) is 2. The Bertz CT molecular complexity index is 968. The third-order valence-electron chi connectivity index (χ3n) is 8.71. The van der Waals surface area contributed by atoms with E-state index in [2.05, 4.69) is 33.9 Å². The van der Waals surface area contributed by atoms with Crippen molar-refractivity contribution >= 4 is 16.1 Å². The second kappa shape index (κ2) is 15.9. The minimum absolute atomic E-state index is 0.0900. The maximum absolute atomic E-state index is 13.1. The number of carbonyl (C=O) groups excluding carboxylic acids is 1. The summed E-state index contributed by atoms with van der Waals surface area (Å²) >= 11 is 0. The zero-order chi connectivity index (χ0) is 28.3. The Morgan fingerprint density at radius 3 is 2.33 bits per heavy atom. The predicted molar refractivity (Wildman–Crippen MR) is 156 cm³/mol. The molecule has 1 aromatic heterocycles. The molecule has 2 fully saturated rings. The lowest BCUT2D eigenvalue weighted by molar-refractivity contribution is 0.173. The van der Waals surface area contributed by atoms with Crippen molar-refractivity contribution in [2.24, 2.45) is 13.0 Å². The van der Waals surface area contributed by atoms with Crippen molar-refractivity contribution in [2.75, 3.05) is 32.4 Å². The van der Waals surface area contributed by atoms with Crippen LogP contribution in [0.2, 0.25) is 0 Å². The summed E-state index contributed by atoms with van der Waals surface area (Å²) in [6.45, 7) is 7.05. The smallest absolute Gasteiger partial charge is 0.317 e. The summed E-state index contributed by atoms with van der Waals surface area (Å²) in [6.07, 6.45) is 14.2. The largest absolute Gasteiger partial charge is 0.331 e. The molecule has 2 N–H and O–H groups in total. The summed E-state index contributed by atoms with van der Waals surface area (Å²) in [6, 6.07) is -0.283. The van der Waals surface area contributed by atoms with Gasteiger partial charge >= 0.3 is 6.03 Å². The zero-order valence-electron chi connectivity index (χ0n) is 24.8. The molecule has 1 aromatic rings. The molecule has 0 spiro atoms. The van der Waals surface area contributed by atoms with E-state index in [0.717, 1.165) is 38.9 Å². The molecule has 224 valence electrons. The van der Waals surface area contributed by atoms with Crippen molar-refractivity contribution < 1.29 is 13.2 Å². The van der Waals surface area contributed by atoms with Gasteiger partial charge in [0.05, 0.1) is 18.3 Å². The molecule has 0 aromatic carbocycles. The van der Waals surface area contributed by atoms with E-state index in [0.29, 0.717) is 30.4 Å². The van der Waals surface area contributed by atoms with Crippen LogP contribution in [0.25, 0.3) is 0 Å². The molecule has 10 nitrogen and oxygen atoms in total. The summed E-state index contributed by atoms with van der Waals surface area (Å²) in [5.41, 5.74) is 0. The SMILES string of the molecule is CCN(CC)CCCS(=O)(=O)N[C@H](CCC1CCCCC1)c1nc(CNC(=O)N(C)C2CCCCC2)n(C)n1. The molecule has 0 saturated heterocycles. The molecule has 2 aliphatic carbocycles. The number of amides is 2. The number of sulfonamides is 1. The summed E-state index contributed by atoms with van der Waals surface area (Å²) in [4.78, 5) is 21.6. The van der Waals surface area contributed by atoms with E-state index in [1.807, 2.05) is 11.9 Å². The van der Waals surface area contributed by atoms with Gasteiger partial charge in [-0.15, -0.1) is 0 Å². The molecule has 0 aliphatic heterocycles. The van der Waals surface area contributed by atoms with Gasteiger partial charge in [0.15, 0.2) is 5.82 Å². The van der Waals surface area contributed by atoms with Crippen LogP contribution in [0.1, 0.15) is 115 Å². The molecule has 1 heterocycles. The van der Waals surface area contributed by atoms with Gasteiger partial charge in [0, 0.05) is 20.1 Å². The molecule has 0 bridgehead atoms. The van der Waals surface area contributed by atoms with E-state index in [1.54, 1.807) is 11.7 Å². The minimum atomic E-state index is -3.49. The van der Waals surface area contributed by atoms with E-state index < -0.39 is 16.1 Å². The van der Waals surface area contributed by atoms with Crippen LogP contribution in [0.15, 0.2) is 0 Å². The number of rotatable bonds is 15. The second-order valence-electron chi connectivity index (χ2n) is 11.5. The summed E-state index contributed by atoms with van der Waals surface area (Å²) in [7, 11) is 0.181. The Hall–Kier alpha value is -1.72. The quantitative estimate of drug-likeness (QED) is 0.326. The van der Waals surface area contributed by atoms with Crippen LogP contribution in [0.4, 0.5) is 4.79 Å². The van der Waals surface area contributed by atoms with E-state index in [1.165, 1.54) is 51.4 Å². The first kappa shape index (κ1) is 31.8. The molecule has 2 saturated carbocycles. The Labute approximate surface area is 236 Å². The third kappa shape index (κ3) is 10.3. The van der Waals surface area contributed by atoms with Gasteiger partial charge in [0.25, 0.3) is 0 Å². The van der Waals surface area contributed by atoms with Crippen molar-refractivity contribution in [2.45, 2.75) is 116 Å². The Morgan fingerprint density at radius 1 is 1.05 bits per heavy atom. The topological polar surface area (TPSA) is 112 Å². The fourth-order valence-electron chi connectivity index (χ4n) is 6.07. The molecule has 11 heteroatoms. The summed E-state index contributed by atoms with van der Waals surface area (Å²) in [5.74, 6) is 1.84. The van der Waals surface area contributed by atoms with Crippen LogP contribution in [-0.2, 0) is 23.6 Å². The highest BCUT2D eigenvalue weighted by Gasteiger charge is 2.27. The maximum atomic E-state index is 13.1. The Kier molecular flexibility index (Phi) is 13.0. The first-order valence-electron chi connectivity index (χ1n) is 15.3. The van der Waals surface area contributed by atoms with Crippen molar-refractivity contribution in [1.82, 2.24) is 34.6 Å². The van der Waals surface area contributed by atoms with Crippen LogP contribution in [0, 0.1) is 5.92 Å². The highest BCUT2D eigenvalue weighted by atomic mass is 32.2. The normalized spacial score (nSPS) is 18.4. The van der Waals surface area contributed by atoms with Crippen molar-refractivity contribution in [3.05, 3.63) is 11.6 Å². The minimum Gasteiger partial charge on any atom is -0.331 e. The first-order chi connectivity index (χ1) is 18.7. The van der Waals surface area contributed by atoms with Gasteiger partial charge in [-0.3, -0.25) is 4.68 Å². The van der Waals surface area contributed by atoms with Crippen molar-refractivity contribution in [3.63, 3.8) is 0 Å². The van der Waals surface area contributed by atoms with Crippen LogP contribution in [-0.4, -0.2) is 77.5 Å². The zero-order valence-corrected chi connectivity index (χ0v) is 25.6. The van der Waals surface area contributed by atoms with Crippen LogP contribution >= 0.6 is 0 Å². The van der Waals surface area contributed by atoms with E-state index >= 15 is 0 Å². The molecule has 1 atom stereocenters. The highest BCUT2D eigenvalue weighted by molar-refractivity contribution is 7.89. The standard InChI is InChI=1S/C28H53N7O3S/c1-5-35(6-2)20-13-21-39(37,38)32-25(19-18-23-14-9-7-10-15-23)27-30-26(34(4)31-27)22-29-28(36)33(3)24-16-11-8-12-17-24/h23-25,32H,5-22H2,1-4H3,(H,29,36)/t25-/m1/s1. The number of aryl methyl sites for hydroxylation is 1. The lowest BCUT2D eigenvalue weighted by Gasteiger charge is -2.31. The molecule has 39 heavy (non-hydrogen) atoms. The fraction of sp³-hybridized carbons (Fsp3) is 0.893. The number of nitrogens with zero attached hydrogens (tertiary/aromatic N) is 5. The molecule has 2 amide bonds. The van der Waals surface area contributed by atoms with Gasteiger partial charge in [0.2, 0.25) is 10.0 Å². The Morgan fingerprint density at radius 2 is 1.69 bits per heavy atom. The average molecular weight is 568 g/mol. The second-order valence-corrected chi connectivity index (χ2v) is 13.4. The molecule has 3 rings (SSSR count). The number of aromatic nitrogens is 3. The van der Waals surface area contributed by atoms with E-state index in [9.17, 15) is 13.2 Å². The molecule has 0 radical (unpaired) electrons. The van der Waals surface area contributed by atoms with Crippen LogP contribution in [0.3, 0.4) is 0 Å². The number of hydrogen-bond donors (Lipinski definition) is 2. The van der Waals surface area contributed by atoms with E-state index in [4.69, 9.17) is 4.98 Å². The van der Waals surface area contributed by atoms with Gasteiger partial charge < -0.3 is 15.1 Å². The van der Waals surface area contributed by atoms with Gasteiger partial charge in [-0.25, -0.2) is 22.9 Å². The number of urea groups is 1. The van der Waals surface area contributed by atoms with E-state index in [-0.39, 0.29) is 24.4 Å². The lowest BCUT2D eigenvalue weighted by atomic mass is 9.85. The molecular formula is C28H53N7O3S. The molecule has 2 aliphatic rings. The van der Waals surface area contributed by atoms with Gasteiger partial charge in [-0.05, 0) is 57.7 Å². The third-order valence-corrected chi connectivity index (χ3v) is 10.2. The van der Waals surface area contributed by atoms with Crippen molar-refractivity contribution in [1.29, 1.82) is 0 Å². The first-order valence-corrected chi connectivity index (χ1v) is 17.0. The fourth-order valence-corrected chi connectivity index (χ4v) is 7.35. The predicted octanol–water partition coefficient (Wildman–Crippen LogP) is 4.34. The van der Waals surface area contributed by atoms with Crippen molar-refractivity contribution in [3.8, 4) is 0 Å². The van der Waals surface area contributed by atoms with Gasteiger partial charge in [-0.2, -0.15) is 5.10 Å². The maximum Gasteiger partial charge on any atom is 0.317 e. The summed E-state index contributed by atoms with van der Waals surface area (Å²) < 4.78 is 30.8. The van der Waals surface area contributed by atoms with Crippen LogP contribution in [0.5, 0.6) is 0 Å².